The second kappa shape index (κ2) is 16.0. The summed E-state index contributed by atoms with van der Waals surface area (Å²) in [5, 5.41) is 1.89. The van der Waals surface area contributed by atoms with Gasteiger partial charge in [-0.25, -0.2) is 0 Å². The van der Waals surface area contributed by atoms with Crippen LogP contribution in [0.15, 0.2) is 47.8 Å². The molecule has 0 saturated heterocycles. The van der Waals surface area contributed by atoms with E-state index in [9.17, 15) is 0 Å². The Hall–Kier alpha value is -0.187. The number of rotatable bonds is 13. The molecule has 2 aromatic rings. The Balaban J connectivity index is 0.00000228. The van der Waals surface area contributed by atoms with Gasteiger partial charge in [-0.3, -0.25) is 0 Å². The van der Waals surface area contributed by atoms with Crippen molar-refractivity contribution in [1.29, 1.82) is 0 Å². The van der Waals surface area contributed by atoms with Gasteiger partial charge in [-0.05, 0) is 0 Å². The normalized spacial score (nSPS) is 17.2. The number of hydrogen-bond acceptors (Lipinski definition) is 0. The molecule has 4 rings (SSSR count). The molecule has 0 aromatic heterocycles. The Kier molecular flexibility index (Phi) is 14.3. The molecule has 0 amide bonds. The Morgan fingerprint density at radius 2 is 1.42 bits per heavy atom. The molecule has 0 aliphatic heterocycles. The maximum Gasteiger partial charge on any atom is -1.00 e. The fourth-order valence-corrected chi connectivity index (χ4v) is 14.7. The minimum Gasteiger partial charge on any atom is -1.00 e. The van der Waals surface area contributed by atoms with Crippen molar-refractivity contribution in [2.75, 3.05) is 12.3 Å². The molecule has 0 radical (unpaired) electrons. The van der Waals surface area contributed by atoms with Gasteiger partial charge in [0.2, 0.25) is 0 Å². The summed E-state index contributed by atoms with van der Waals surface area (Å²) >= 11 is -0.748. The molecule has 2 unspecified atom stereocenters. The van der Waals surface area contributed by atoms with Crippen molar-refractivity contribution in [3.63, 3.8) is 0 Å². The minimum absolute atomic E-state index is 0. The van der Waals surface area contributed by atoms with Crippen LogP contribution in [0.3, 0.4) is 0 Å². The van der Waals surface area contributed by atoms with E-state index in [0.717, 1.165) is 7.25 Å². The zero-order valence-electron chi connectivity index (χ0n) is 22.6. The van der Waals surface area contributed by atoms with E-state index in [2.05, 4.69) is 82.3 Å². The Morgan fingerprint density at radius 1 is 0.778 bits per heavy atom. The monoisotopic (exact) mass is 618 g/mol. The molecule has 0 heterocycles. The first-order valence-electron chi connectivity index (χ1n) is 13.7. The van der Waals surface area contributed by atoms with Crippen molar-refractivity contribution >= 4 is 20.1 Å². The van der Waals surface area contributed by atoms with Crippen LogP contribution < -0.4 is 24.8 Å². The first-order chi connectivity index (χ1) is 16.6. The molecule has 0 nitrogen and oxygen atoms in total. The van der Waals surface area contributed by atoms with Gasteiger partial charge in [0.15, 0.2) is 0 Å². The van der Waals surface area contributed by atoms with E-state index >= 15 is 0 Å². The van der Waals surface area contributed by atoms with E-state index in [1.807, 2.05) is 5.31 Å². The molecule has 2 aliphatic rings. The fraction of sp³-hybridized carbons (Fsp3) is 0.500. The van der Waals surface area contributed by atoms with Crippen molar-refractivity contribution in [2.45, 2.75) is 86.3 Å². The molecule has 0 fully saturated rings. The molecule has 36 heavy (non-hydrogen) atoms. The van der Waals surface area contributed by atoms with E-state index in [-0.39, 0.29) is 32.7 Å². The van der Waals surface area contributed by atoms with Gasteiger partial charge in [0, 0.05) is 0 Å². The number of benzene rings is 2. The Labute approximate surface area is 246 Å². The maximum absolute atomic E-state index is 2.68. The quantitative estimate of drug-likeness (QED) is 0.233. The predicted molar refractivity (Wildman–Crippen MR) is 150 cm³/mol. The zero-order chi connectivity index (χ0) is 23.9. The van der Waals surface area contributed by atoms with Crippen LogP contribution >= 0.6 is 7.92 Å². The van der Waals surface area contributed by atoms with Gasteiger partial charge in [0.25, 0.3) is 0 Å². The number of halogens is 2. The average Bonchev–Trinajstić information content (AvgIpc) is 3.44. The molecule has 2 aromatic carbocycles. The topological polar surface area (TPSA) is 0 Å². The summed E-state index contributed by atoms with van der Waals surface area (Å²) < 4.78 is 1.49. The van der Waals surface area contributed by atoms with Gasteiger partial charge in [-0.2, -0.15) is 0 Å². The summed E-state index contributed by atoms with van der Waals surface area (Å²) in [6, 6.07) is 14.1. The summed E-state index contributed by atoms with van der Waals surface area (Å²) in [5.74, 6) is 0. The van der Waals surface area contributed by atoms with E-state index in [4.69, 9.17) is 0 Å². The van der Waals surface area contributed by atoms with Gasteiger partial charge < -0.3 is 24.8 Å². The average molecular weight is 621 g/mol. The first-order valence-corrected chi connectivity index (χ1v) is 18.3. The van der Waals surface area contributed by atoms with Crippen molar-refractivity contribution in [1.82, 2.24) is 0 Å². The van der Waals surface area contributed by atoms with Crippen molar-refractivity contribution in [3.05, 3.63) is 81.2 Å². The van der Waals surface area contributed by atoms with E-state index in [1.54, 1.807) is 16.7 Å². The number of fused-ring (bicyclic) bond motifs is 2. The summed E-state index contributed by atoms with van der Waals surface area (Å²) in [5.41, 5.74) is 9.38. The fourth-order valence-electron chi connectivity index (χ4n) is 5.68. The molecule has 2 atom stereocenters. The molecule has 0 bridgehead atoms. The van der Waals surface area contributed by atoms with Crippen LogP contribution in [-0.4, -0.2) is 12.3 Å². The van der Waals surface area contributed by atoms with Crippen LogP contribution in [0.1, 0.15) is 106 Å². The number of unbranched alkanes of at least 4 members (excludes halogenated alkanes) is 6. The third-order valence-corrected chi connectivity index (χ3v) is 15.5. The van der Waals surface area contributed by atoms with Crippen LogP contribution in [0.25, 0.3) is 12.2 Å². The van der Waals surface area contributed by atoms with Crippen molar-refractivity contribution in [2.24, 2.45) is 0 Å². The molecule has 2 aliphatic carbocycles. The van der Waals surface area contributed by atoms with Crippen LogP contribution in [-0.2, 0) is 23.2 Å². The molecule has 0 spiro atoms. The van der Waals surface area contributed by atoms with E-state index < -0.39 is 23.2 Å². The second-order valence-corrected chi connectivity index (χ2v) is 16.5. The minimum atomic E-state index is -0.748. The SMILES string of the molecule is CCCCCCP(CCCCCC)C1=Cc2ccccc2[CH]1[Zr+2][CH]1C=Cc2c(C)ccc(C)c21.[Cl-].[Cl-]. The van der Waals surface area contributed by atoms with Gasteiger partial charge in [-0.15, -0.1) is 0 Å². The standard InChI is InChI=1S/C21H32P.C11H11.2ClH.Zr/c1-3-5-7-11-15-22(16-12-8-6-4-2)21-17-19-13-9-10-14-20(19)18-21;1-8-6-7-9(2)11-5-3-4-10(8)11;;;/h9-10,13-14,17-18H,3-8,11-12,15-16H2,1-2H3;3-7H,1-2H3;2*1H;/q;;;;+2/p-2. The molecule has 194 valence electrons. The number of hydrogen-bond donors (Lipinski definition) is 0. The Bertz CT molecular complexity index is 1020. The van der Waals surface area contributed by atoms with Crippen LogP contribution in [0.5, 0.6) is 0 Å². The van der Waals surface area contributed by atoms with Crippen LogP contribution in [0.2, 0.25) is 0 Å². The molecule has 0 N–H and O–H groups in total. The van der Waals surface area contributed by atoms with Crippen molar-refractivity contribution < 1.29 is 48.0 Å². The van der Waals surface area contributed by atoms with E-state index in [0.29, 0.717) is 0 Å². The summed E-state index contributed by atoms with van der Waals surface area (Å²) in [6.45, 7) is 9.30. The van der Waals surface area contributed by atoms with Gasteiger partial charge in [0.05, 0.1) is 0 Å². The van der Waals surface area contributed by atoms with Gasteiger partial charge >= 0.3 is 223 Å². The predicted octanol–water partition coefficient (Wildman–Crippen LogP) is 4.20. The summed E-state index contributed by atoms with van der Waals surface area (Å²) in [6.07, 6.45) is 21.8. The van der Waals surface area contributed by atoms with E-state index in [1.165, 1.54) is 80.4 Å². The van der Waals surface area contributed by atoms with Gasteiger partial charge in [-0.1, -0.05) is 0 Å². The Morgan fingerprint density at radius 3 is 2.08 bits per heavy atom. The summed E-state index contributed by atoms with van der Waals surface area (Å²) in [7, 11) is -0.00255. The van der Waals surface area contributed by atoms with Gasteiger partial charge in [0.1, 0.15) is 0 Å². The summed E-state index contributed by atoms with van der Waals surface area (Å²) in [4.78, 5) is 0. The largest absolute Gasteiger partial charge is 1.00 e. The number of aryl methyl sites for hydroxylation is 2. The third-order valence-electron chi connectivity index (χ3n) is 7.67. The van der Waals surface area contributed by atoms with Crippen LogP contribution in [0, 0.1) is 13.8 Å². The smallest absolute Gasteiger partial charge is 1.00 e. The molecule has 0 saturated carbocycles. The first kappa shape index (κ1) is 32.0. The molecule has 4 heteroatoms. The second-order valence-electron chi connectivity index (χ2n) is 10.3. The molecular weight excluding hydrogens is 577 g/mol. The third kappa shape index (κ3) is 7.69. The number of allylic oxidation sites excluding steroid dienone is 2. The van der Waals surface area contributed by atoms with Crippen molar-refractivity contribution in [3.8, 4) is 0 Å². The maximum atomic E-state index is 2.68. The zero-order valence-corrected chi connectivity index (χ0v) is 27.5. The molecular formula is C32H43Cl2PZr. The van der Waals surface area contributed by atoms with Crippen LogP contribution in [0.4, 0.5) is 0 Å².